The molecule has 0 aromatic carbocycles. The Morgan fingerprint density at radius 3 is 1.59 bits per heavy atom. The molecule has 3 aliphatic rings. The largest absolute Gasteiger partial charge is 0.379 e. The summed E-state index contributed by atoms with van der Waals surface area (Å²) < 4.78 is 21.7. The maximum atomic E-state index is 5.67. The molecule has 0 aromatic heterocycles. The van der Waals surface area contributed by atoms with Gasteiger partial charge in [0.15, 0.2) is 0 Å². The van der Waals surface area contributed by atoms with Crippen LogP contribution in [-0.2, 0) is 18.9 Å². The van der Waals surface area contributed by atoms with Crippen molar-refractivity contribution in [3.8, 4) is 0 Å². The van der Waals surface area contributed by atoms with E-state index in [0.717, 1.165) is 39.6 Å². The summed E-state index contributed by atoms with van der Waals surface area (Å²) in [6, 6.07) is 2.94. The van der Waals surface area contributed by atoms with Crippen molar-refractivity contribution in [2.45, 2.75) is 61.6 Å². The smallest absolute Gasteiger partial charge is 0.104 e. The van der Waals surface area contributed by atoms with Crippen molar-refractivity contribution in [2.75, 3.05) is 39.6 Å². The second-order valence-electron chi connectivity index (χ2n) is 8.24. The van der Waals surface area contributed by atoms with Crippen LogP contribution in [0.2, 0.25) is 36.5 Å². The molecule has 22 heavy (non-hydrogen) atoms. The van der Waals surface area contributed by atoms with Crippen molar-refractivity contribution in [1.29, 1.82) is 0 Å². The number of rotatable bonds is 12. The number of hydrogen-bond acceptors (Lipinski definition) is 4. The predicted molar refractivity (Wildman–Crippen MR) is 92.8 cm³/mol. The highest BCUT2D eigenvalue weighted by Crippen LogP contribution is 2.46. The minimum absolute atomic E-state index is 0.418. The Kier molecular flexibility index (Phi) is 5.79. The monoisotopic (exact) mass is 344 g/mol. The fraction of sp³-hybridized carbons (Fsp3) is 1.00. The highest BCUT2D eigenvalue weighted by molar-refractivity contribution is 7.12. The van der Waals surface area contributed by atoms with E-state index in [0.29, 0.717) is 12.2 Å². The van der Waals surface area contributed by atoms with Crippen LogP contribution >= 0.6 is 0 Å². The molecule has 2 atom stereocenters. The summed E-state index contributed by atoms with van der Waals surface area (Å²) in [5, 5.41) is 0. The molecule has 128 valence electrons. The van der Waals surface area contributed by atoms with E-state index in [1.165, 1.54) is 24.9 Å². The summed E-state index contributed by atoms with van der Waals surface area (Å²) in [5.74, 6) is 0. The molecule has 0 N–H and O–H groups in total. The second-order valence-corrected chi connectivity index (χ2v) is 19.3. The van der Waals surface area contributed by atoms with E-state index in [2.05, 4.69) is 13.1 Å². The van der Waals surface area contributed by atoms with Gasteiger partial charge >= 0.3 is 0 Å². The standard InChI is InChI=1S/C16H32O4Si2/c1-21(7-3-5-17-9-15-11-19-15)13-22(2,14-21)8-4-6-18-10-16-12-20-16/h15-16H,3-14H2,1-2H3. The zero-order valence-electron chi connectivity index (χ0n) is 14.3. The fourth-order valence-corrected chi connectivity index (χ4v) is 25.2. The first-order valence-corrected chi connectivity index (χ1v) is 15.2. The Morgan fingerprint density at radius 2 is 1.23 bits per heavy atom. The lowest BCUT2D eigenvalue weighted by atomic mass is 10.5. The van der Waals surface area contributed by atoms with Crippen molar-refractivity contribution in [3.05, 3.63) is 0 Å². The van der Waals surface area contributed by atoms with Gasteiger partial charge in [0.25, 0.3) is 0 Å². The molecule has 6 heteroatoms. The number of epoxide rings is 2. The lowest BCUT2D eigenvalue weighted by molar-refractivity contribution is 0.116. The molecular formula is C16H32O4Si2. The molecular weight excluding hydrogens is 312 g/mol. The molecule has 3 fully saturated rings. The summed E-state index contributed by atoms with van der Waals surface area (Å²) in [6.45, 7) is 10.6. The third-order valence-electron chi connectivity index (χ3n) is 5.26. The van der Waals surface area contributed by atoms with Gasteiger partial charge in [-0.1, -0.05) is 36.5 Å². The van der Waals surface area contributed by atoms with Crippen LogP contribution in [-0.4, -0.2) is 68.0 Å². The molecule has 3 heterocycles. The van der Waals surface area contributed by atoms with Crippen LogP contribution in [0.4, 0.5) is 0 Å². The van der Waals surface area contributed by atoms with Crippen molar-refractivity contribution in [1.82, 2.24) is 0 Å². The first-order chi connectivity index (χ1) is 10.6. The van der Waals surface area contributed by atoms with Crippen LogP contribution in [0.1, 0.15) is 12.8 Å². The molecule has 0 bridgehead atoms. The third-order valence-corrected chi connectivity index (χ3v) is 22.0. The summed E-state index contributed by atoms with van der Waals surface area (Å²) in [6.07, 6.45) is 3.37. The van der Waals surface area contributed by atoms with Crippen LogP contribution in [0.15, 0.2) is 0 Å². The molecule has 0 spiro atoms. The minimum atomic E-state index is -0.880. The Balaban J connectivity index is 1.19. The van der Waals surface area contributed by atoms with Crippen LogP contribution in [0, 0.1) is 0 Å². The average Bonchev–Trinajstić information content (AvgIpc) is 3.31. The average molecular weight is 345 g/mol. The van der Waals surface area contributed by atoms with Crippen molar-refractivity contribution in [2.24, 2.45) is 0 Å². The Bertz CT molecular complexity index is 320. The molecule has 0 radical (unpaired) electrons. The van der Waals surface area contributed by atoms with Crippen molar-refractivity contribution >= 4 is 16.1 Å². The molecule has 3 saturated heterocycles. The van der Waals surface area contributed by atoms with Gasteiger partial charge in [0.05, 0.1) is 26.4 Å². The Labute approximate surface area is 136 Å². The van der Waals surface area contributed by atoms with E-state index >= 15 is 0 Å². The Hall–Kier alpha value is 0.274. The lowest BCUT2D eigenvalue weighted by Gasteiger charge is -2.51. The van der Waals surface area contributed by atoms with E-state index in [1.54, 1.807) is 11.3 Å². The van der Waals surface area contributed by atoms with Gasteiger partial charge < -0.3 is 18.9 Å². The van der Waals surface area contributed by atoms with E-state index < -0.39 is 16.1 Å². The minimum Gasteiger partial charge on any atom is -0.379 e. The zero-order chi connectivity index (χ0) is 15.5. The topological polar surface area (TPSA) is 43.5 Å². The maximum absolute atomic E-state index is 5.67. The lowest BCUT2D eigenvalue weighted by Crippen LogP contribution is -2.59. The highest BCUT2D eigenvalue weighted by Gasteiger charge is 2.50. The fourth-order valence-electron chi connectivity index (χ4n) is 4.32. The molecule has 4 nitrogen and oxygen atoms in total. The Morgan fingerprint density at radius 1 is 0.818 bits per heavy atom. The summed E-state index contributed by atoms with van der Waals surface area (Å²) in [7, 11) is -1.76. The predicted octanol–water partition coefficient (Wildman–Crippen LogP) is 2.85. The van der Waals surface area contributed by atoms with Gasteiger partial charge in [0.2, 0.25) is 0 Å². The van der Waals surface area contributed by atoms with Gasteiger partial charge in [0.1, 0.15) is 12.2 Å². The van der Waals surface area contributed by atoms with Crippen molar-refractivity contribution < 1.29 is 18.9 Å². The molecule has 0 aliphatic carbocycles. The van der Waals surface area contributed by atoms with Crippen molar-refractivity contribution in [3.63, 3.8) is 0 Å². The van der Waals surface area contributed by atoms with Gasteiger partial charge in [-0.15, -0.1) is 0 Å². The maximum Gasteiger partial charge on any atom is 0.104 e. The van der Waals surface area contributed by atoms with Gasteiger partial charge in [0, 0.05) is 29.4 Å². The molecule has 0 aromatic rings. The van der Waals surface area contributed by atoms with Crippen LogP contribution in [0.5, 0.6) is 0 Å². The number of ether oxygens (including phenoxy) is 4. The quantitative estimate of drug-likeness (QED) is 0.310. The van der Waals surface area contributed by atoms with Gasteiger partial charge in [-0.05, 0) is 12.8 Å². The second kappa shape index (κ2) is 7.44. The van der Waals surface area contributed by atoms with Crippen LogP contribution in [0.3, 0.4) is 0 Å². The highest BCUT2D eigenvalue weighted by atomic mass is 28.5. The van der Waals surface area contributed by atoms with E-state index in [9.17, 15) is 0 Å². The van der Waals surface area contributed by atoms with Gasteiger partial charge in [-0.2, -0.15) is 0 Å². The molecule has 3 rings (SSSR count). The summed E-state index contributed by atoms with van der Waals surface area (Å²) in [5.41, 5.74) is 3.27. The van der Waals surface area contributed by atoms with Crippen LogP contribution in [0.25, 0.3) is 0 Å². The summed E-state index contributed by atoms with van der Waals surface area (Å²) >= 11 is 0. The van der Waals surface area contributed by atoms with E-state index in [1.807, 2.05) is 0 Å². The first-order valence-electron chi connectivity index (χ1n) is 8.96. The first kappa shape index (κ1) is 17.1. The number of hydrogen-bond donors (Lipinski definition) is 0. The molecule has 2 unspecified atom stereocenters. The third kappa shape index (κ3) is 5.72. The van der Waals surface area contributed by atoms with Crippen LogP contribution < -0.4 is 0 Å². The van der Waals surface area contributed by atoms with E-state index in [4.69, 9.17) is 18.9 Å². The van der Waals surface area contributed by atoms with Gasteiger partial charge in [-0.25, -0.2) is 0 Å². The summed E-state index contributed by atoms with van der Waals surface area (Å²) in [4.78, 5) is 0. The molecule has 0 amide bonds. The molecule has 0 saturated carbocycles. The molecule has 3 aliphatic heterocycles. The SMILES string of the molecule is C[Si]1(CCCOCC2CO2)C[Si](C)(CCCOCC2CO2)C1. The normalized spacial score (nSPS) is 39.5. The van der Waals surface area contributed by atoms with E-state index in [-0.39, 0.29) is 0 Å². The zero-order valence-corrected chi connectivity index (χ0v) is 16.3. The van der Waals surface area contributed by atoms with Gasteiger partial charge in [-0.3, -0.25) is 0 Å².